The van der Waals surface area contributed by atoms with E-state index in [0.717, 1.165) is 13.1 Å². The van der Waals surface area contributed by atoms with Crippen LogP contribution in [0.4, 0.5) is 0 Å². The second-order valence-electron chi connectivity index (χ2n) is 3.70. The van der Waals surface area contributed by atoms with Crippen molar-refractivity contribution in [1.82, 2.24) is 30.3 Å². The lowest BCUT2D eigenvalue weighted by atomic mass is 10.3. The smallest absolute Gasteiger partial charge is 0.237 e. The number of morpholine rings is 1. The number of hydrogen-bond donors (Lipinski definition) is 1. The normalized spacial score (nSPS) is 20.6. The molecule has 0 bridgehead atoms. The summed E-state index contributed by atoms with van der Waals surface area (Å²) in [5.41, 5.74) is 0.560. The summed E-state index contributed by atoms with van der Waals surface area (Å²) >= 11 is 0. The van der Waals surface area contributed by atoms with Crippen LogP contribution >= 0.6 is 0 Å². The SMILES string of the molecule is c1ncc2nnnn2c1OCC1CNCCO1. The Bertz CT molecular complexity index is 495. The molecule has 0 spiro atoms. The van der Waals surface area contributed by atoms with Crippen LogP contribution in [0, 0.1) is 0 Å². The molecular weight excluding hydrogens is 224 g/mol. The van der Waals surface area contributed by atoms with E-state index < -0.39 is 0 Å². The molecule has 1 fully saturated rings. The van der Waals surface area contributed by atoms with E-state index in [-0.39, 0.29) is 6.10 Å². The molecule has 1 atom stereocenters. The Morgan fingerprint density at radius 3 is 3.41 bits per heavy atom. The Hall–Kier alpha value is -1.80. The van der Waals surface area contributed by atoms with Gasteiger partial charge in [-0.05, 0) is 10.4 Å². The topological polar surface area (TPSA) is 86.5 Å². The van der Waals surface area contributed by atoms with Crippen molar-refractivity contribution >= 4 is 5.65 Å². The highest BCUT2D eigenvalue weighted by molar-refractivity contribution is 5.34. The van der Waals surface area contributed by atoms with Crippen molar-refractivity contribution < 1.29 is 9.47 Å². The lowest BCUT2D eigenvalue weighted by Crippen LogP contribution is -2.41. The van der Waals surface area contributed by atoms with Gasteiger partial charge in [-0.15, -0.1) is 5.10 Å². The summed E-state index contributed by atoms with van der Waals surface area (Å²) in [6.07, 6.45) is 3.21. The van der Waals surface area contributed by atoms with E-state index in [1.165, 1.54) is 4.52 Å². The van der Waals surface area contributed by atoms with Crippen LogP contribution in [0.25, 0.3) is 5.65 Å². The first-order valence-electron chi connectivity index (χ1n) is 5.41. The van der Waals surface area contributed by atoms with Crippen molar-refractivity contribution in [3.05, 3.63) is 12.4 Å². The van der Waals surface area contributed by atoms with Gasteiger partial charge in [-0.25, -0.2) is 0 Å². The van der Waals surface area contributed by atoms with E-state index in [1.807, 2.05) is 0 Å². The number of nitrogens with zero attached hydrogens (tertiary/aromatic N) is 5. The largest absolute Gasteiger partial charge is 0.474 e. The number of ether oxygens (including phenoxy) is 2. The molecule has 17 heavy (non-hydrogen) atoms. The zero-order chi connectivity index (χ0) is 11.5. The second-order valence-corrected chi connectivity index (χ2v) is 3.70. The molecule has 0 aromatic carbocycles. The summed E-state index contributed by atoms with van der Waals surface area (Å²) in [6.45, 7) is 2.84. The van der Waals surface area contributed by atoms with Crippen molar-refractivity contribution in [2.45, 2.75) is 6.10 Å². The first-order valence-corrected chi connectivity index (χ1v) is 5.41. The fourth-order valence-corrected chi connectivity index (χ4v) is 1.66. The van der Waals surface area contributed by atoms with E-state index >= 15 is 0 Å². The summed E-state index contributed by atoms with van der Waals surface area (Å²) < 4.78 is 12.6. The Labute approximate surface area is 96.9 Å². The fourth-order valence-electron chi connectivity index (χ4n) is 1.66. The van der Waals surface area contributed by atoms with Crippen LogP contribution < -0.4 is 10.1 Å². The molecule has 3 rings (SSSR count). The Morgan fingerprint density at radius 1 is 1.53 bits per heavy atom. The lowest BCUT2D eigenvalue weighted by Gasteiger charge is -2.23. The van der Waals surface area contributed by atoms with Crippen LogP contribution in [-0.4, -0.2) is 57.4 Å². The Kier molecular flexibility index (Phi) is 2.80. The number of hydrogen-bond acceptors (Lipinski definition) is 7. The van der Waals surface area contributed by atoms with Crippen molar-refractivity contribution in [1.29, 1.82) is 0 Å². The van der Waals surface area contributed by atoms with Gasteiger partial charge in [0.25, 0.3) is 0 Å². The zero-order valence-corrected chi connectivity index (χ0v) is 9.11. The highest BCUT2D eigenvalue weighted by atomic mass is 16.5. The van der Waals surface area contributed by atoms with Crippen molar-refractivity contribution in [2.24, 2.45) is 0 Å². The summed E-state index contributed by atoms with van der Waals surface area (Å²) in [4.78, 5) is 4.00. The van der Waals surface area contributed by atoms with Gasteiger partial charge in [0.2, 0.25) is 11.5 Å². The average Bonchev–Trinajstić information content (AvgIpc) is 2.86. The molecule has 0 aliphatic carbocycles. The third kappa shape index (κ3) is 2.17. The van der Waals surface area contributed by atoms with Gasteiger partial charge in [0, 0.05) is 13.1 Å². The minimum Gasteiger partial charge on any atom is -0.474 e. The van der Waals surface area contributed by atoms with Gasteiger partial charge in [-0.2, -0.15) is 4.52 Å². The highest BCUT2D eigenvalue weighted by Crippen LogP contribution is 2.09. The first kappa shape index (κ1) is 10.4. The standard InChI is InChI=1S/C9H12N6O2/c1-2-16-7(3-10-1)6-17-9-5-11-4-8-12-13-14-15(8)9/h4-5,7,10H,1-3,6H2. The summed E-state index contributed by atoms with van der Waals surface area (Å²) in [6, 6.07) is 0. The molecular formula is C9H12N6O2. The van der Waals surface area contributed by atoms with Crippen LogP contribution in [0.15, 0.2) is 12.4 Å². The van der Waals surface area contributed by atoms with Gasteiger partial charge in [0.1, 0.15) is 12.7 Å². The number of rotatable bonds is 3. The Balaban J connectivity index is 1.69. The van der Waals surface area contributed by atoms with Gasteiger partial charge >= 0.3 is 0 Å². The summed E-state index contributed by atoms with van der Waals surface area (Å²) in [7, 11) is 0. The molecule has 0 radical (unpaired) electrons. The number of tetrazole rings is 1. The molecule has 3 heterocycles. The number of nitrogens with one attached hydrogen (secondary N) is 1. The maximum atomic E-state index is 5.61. The van der Waals surface area contributed by atoms with Crippen LogP contribution in [0.3, 0.4) is 0 Å². The van der Waals surface area contributed by atoms with Crippen molar-refractivity contribution in [3.63, 3.8) is 0 Å². The van der Waals surface area contributed by atoms with Gasteiger partial charge in [0.15, 0.2) is 0 Å². The predicted octanol–water partition coefficient (Wildman–Crippen LogP) is -1.11. The predicted molar refractivity (Wildman–Crippen MR) is 56.7 cm³/mol. The fraction of sp³-hybridized carbons (Fsp3) is 0.556. The minimum atomic E-state index is 0.0514. The molecule has 0 saturated carbocycles. The summed E-state index contributed by atoms with van der Waals surface area (Å²) in [5.74, 6) is 0.515. The van der Waals surface area contributed by atoms with Crippen LogP contribution in [0.5, 0.6) is 5.88 Å². The van der Waals surface area contributed by atoms with Crippen molar-refractivity contribution in [2.75, 3.05) is 26.3 Å². The third-order valence-corrected chi connectivity index (χ3v) is 2.50. The minimum absolute atomic E-state index is 0.0514. The maximum Gasteiger partial charge on any atom is 0.237 e. The molecule has 8 heteroatoms. The zero-order valence-electron chi connectivity index (χ0n) is 9.11. The maximum absolute atomic E-state index is 5.61. The van der Waals surface area contributed by atoms with Gasteiger partial charge in [-0.3, -0.25) is 4.98 Å². The molecule has 1 unspecified atom stereocenters. The van der Waals surface area contributed by atoms with Gasteiger partial charge in [-0.1, -0.05) is 0 Å². The van der Waals surface area contributed by atoms with E-state index in [9.17, 15) is 0 Å². The van der Waals surface area contributed by atoms with Gasteiger partial charge in [0.05, 0.1) is 19.0 Å². The molecule has 90 valence electrons. The van der Waals surface area contributed by atoms with Crippen LogP contribution in [-0.2, 0) is 4.74 Å². The lowest BCUT2D eigenvalue weighted by molar-refractivity contribution is -0.00131. The second kappa shape index (κ2) is 4.60. The molecule has 0 amide bonds. The summed E-state index contributed by atoms with van der Waals surface area (Å²) in [5, 5.41) is 14.4. The molecule has 1 N–H and O–H groups in total. The third-order valence-electron chi connectivity index (χ3n) is 2.50. The number of fused-ring (bicyclic) bond motifs is 1. The van der Waals surface area contributed by atoms with Gasteiger partial charge < -0.3 is 14.8 Å². The van der Waals surface area contributed by atoms with E-state index in [2.05, 4.69) is 25.8 Å². The molecule has 1 aliphatic rings. The quantitative estimate of drug-likeness (QED) is 0.722. The molecule has 1 saturated heterocycles. The van der Waals surface area contributed by atoms with Crippen LogP contribution in [0.2, 0.25) is 0 Å². The molecule has 2 aromatic heterocycles. The monoisotopic (exact) mass is 236 g/mol. The van der Waals surface area contributed by atoms with Crippen LogP contribution in [0.1, 0.15) is 0 Å². The molecule has 2 aromatic rings. The Morgan fingerprint density at radius 2 is 2.53 bits per heavy atom. The molecule has 8 nitrogen and oxygen atoms in total. The highest BCUT2D eigenvalue weighted by Gasteiger charge is 2.15. The van der Waals surface area contributed by atoms with Crippen molar-refractivity contribution in [3.8, 4) is 5.88 Å². The molecule has 1 aliphatic heterocycles. The average molecular weight is 236 g/mol. The first-order chi connectivity index (χ1) is 8.43. The number of aromatic nitrogens is 5. The van der Waals surface area contributed by atoms with E-state index in [4.69, 9.17) is 9.47 Å². The van der Waals surface area contributed by atoms with E-state index in [1.54, 1.807) is 12.4 Å². The van der Waals surface area contributed by atoms with E-state index in [0.29, 0.717) is 24.7 Å².